The lowest BCUT2D eigenvalue weighted by atomic mass is 9.53. The molecule has 0 bridgehead atoms. The minimum atomic E-state index is -0.108. The van der Waals surface area contributed by atoms with Gasteiger partial charge < -0.3 is 11.5 Å². The molecular formula is C11H24N2. The minimum absolute atomic E-state index is 0.0677. The first-order chi connectivity index (χ1) is 5.77. The quantitative estimate of drug-likeness (QED) is 0.655. The predicted octanol–water partition coefficient (Wildman–Crippen LogP) is 2.02. The van der Waals surface area contributed by atoms with E-state index in [1.807, 2.05) is 0 Å². The normalized spacial score (nSPS) is 52.2. The van der Waals surface area contributed by atoms with Crippen LogP contribution in [0, 0.1) is 5.41 Å². The second-order valence-electron chi connectivity index (χ2n) is 5.37. The molecule has 1 rings (SSSR count). The van der Waals surface area contributed by atoms with Gasteiger partial charge in [0.05, 0.1) is 0 Å². The third-order valence-electron chi connectivity index (χ3n) is 4.62. The molecule has 13 heavy (non-hydrogen) atoms. The lowest BCUT2D eigenvalue weighted by Crippen LogP contribution is -2.68. The molecule has 0 heterocycles. The highest BCUT2D eigenvalue weighted by Gasteiger charge is 2.53. The molecule has 0 aromatic rings. The number of rotatable bonds is 1. The Bertz CT molecular complexity index is 178. The van der Waals surface area contributed by atoms with Gasteiger partial charge in [-0.3, -0.25) is 0 Å². The van der Waals surface area contributed by atoms with Gasteiger partial charge in [-0.2, -0.15) is 0 Å². The van der Waals surface area contributed by atoms with Crippen LogP contribution in [0.2, 0.25) is 0 Å². The predicted molar refractivity (Wildman–Crippen MR) is 57.4 cm³/mol. The van der Waals surface area contributed by atoms with E-state index >= 15 is 0 Å². The summed E-state index contributed by atoms with van der Waals surface area (Å²) in [5, 5.41) is 0. The smallest absolute Gasteiger partial charge is 0.0197 e. The van der Waals surface area contributed by atoms with Crippen molar-refractivity contribution < 1.29 is 0 Å². The molecule has 78 valence electrons. The van der Waals surface area contributed by atoms with Gasteiger partial charge in [0.1, 0.15) is 0 Å². The molecule has 2 nitrogen and oxygen atoms in total. The zero-order valence-electron chi connectivity index (χ0n) is 9.48. The van der Waals surface area contributed by atoms with Crippen molar-refractivity contribution in [1.29, 1.82) is 0 Å². The standard InChI is InChI=1S/C11H24N2/c1-5-9(2)10(3,12)7-6-8-11(9,4)13/h5-8,12-13H2,1-4H3. The lowest BCUT2D eigenvalue weighted by Gasteiger charge is -2.57. The average molecular weight is 184 g/mol. The zero-order chi connectivity index (χ0) is 10.3. The van der Waals surface area contributed by atoms with Gasteiger partial charge in [0.2, 0.25) is 0 Å². The van der Waals surface area contributed by atoms with Crippen LogP contribution in [0.4, 0.5) is 0 Å². The van der Waals surface area contributed by atoms with Crippen molar-refractivity contribution in [3.05, 3.63) is 0 Å². The Labute approximate surface area is 82.1 Å². The number of hydrogen-bond donors (Lipinski definition) is 2. The Kier molecular flexibility index (Phi) is 2.50. The van der Waals surface area contributed by atoms with Crippen LogP contribution < -0.4 is 11.5 Å². The third-order valence-corrected chi connectivity index (χ3v) is 4.62. The Morgan fingerprint density at radius 1 is 1.00 bits per heavy atom. The highest BCUT2D eigenvalue weighted by molar-refractivity contribution is 5.11. The molecule has 0 amide bonds. The summed E-state index contributed by atoms with van der Waals surface area (Å²) in [6.07, 6.45) is 4.43. The highest BCUT2D eigenvalue weighted by atomic mass is 14.9. The van der Waals surface area contributed by atoms with Gasteiger partial charge in [0.25, 0.3) is 0 Å². The van der Waals surface area contributed by atoms with E-state index in [0.29, 0.717) is 0 Å². The summed E-state index contributed by atoms with van der Waals surface area (Å²) in [5.74, 6) is 0. The van der Waals surface area contributed by atoms with Crippen molar-refractivity contribution in [2.24, 2.45) is 16.9 Å². The number of nitrogens with two attached hydrogens (primary N) is 2. The fraction of sp³-hybridized carbons (Fsp3) is 1.00. The molecule has 0 radical (unpaired) electrons. The number of hydrogen-bond acceptors (Lipinski definition) is 2. The monoisotopic (exact) mass is 184 g/mol. The molecule has 1 saturated carbocycles. The van der Waals surface area contributed by atoms with E-state index in [4.69, 9.17) is 11.5 Å². The molecule has 0 spiro atoms. The molecule has 4 N–H and O–H groups in total. The van der Waals surface area contributed by atoms with E-state index in [-0.39, 0.29) is 16.5 Å². The van der Waals surface area contributed by atoms with Crippen molar-refractivity contribution in [1.82, 2.24) is 0 Å². The van der Waals surface area contributed by atoms with E-state index in [1.54, 1.807) is 0 Å². The van der Waals surface area contributed by atoms with Crippen LogP contribution in [0.25, 0.3) is 0 Å². The Morgan fingerprint density at radius 3 is 1.62 bits per heavy atom. The largest absolute Gasteiger partial charge is 0.325 e. The van der Waals surface area contributed by atoms with Crippen LogP contribution >= 0.6 is 0 Å². The Hall–Kier alpha value is -0.0800. The van der Waals surface area contributed by atoms with Crippen molar-refractivity contribution in [3.8, 4) is 0 Å². The summed E-state index contributed by atoms with van der Waals surface area (Å²) in [7, 11) is 0. The first-order valence-electron chi connectivity index (χ1n) is 5.35. The molecular weight excluding hydrogens is 160 g/mol. The maximum atomic E-state index is 6.36. The van der Waals surface area contributed by atoms with Gasteiger partial charge >= 0.3 is 0 Å². The summed E-state index contributed by atoms with van der Waals surface area (Å²) in [6, 6.07) is 0. The summed E-state index contributed by atoms with van der Waals surface area (Å²) in [6.45, 7) is 8.75. The summed E-state index contributed by atoms with van der Waals surface area (Å²) >= 11 is 0. The molecule has 2 heteroatoms. The summed E-state index contributed by atoms with van der Waals surface area (Å²) < 4.78 is 0. The van der Waals surface area contributed by atoms with Gasteiger partial charge in [0, 0.05) is 16.5 Å². The van der Waals surface area contributed by atoms with E-state index < -0.39 is 0 Å². The van der Waals surface area contributed by atoms with Crippen molar-refractivity contribution >= 4 is 0 Å². The Balaban J connectivity index is 3.05. The summed E-state index contributed by atoms with van der Waals surface area (Å²) in [4.78, 5) is 0. The first kappa shape index (κ1) is 11.0. The highest BCUT2D eigenvalue weighted by Crippen LogP contribution is 2.49. The second kappa shape index (κ2) is 2.96. The van der Waals surface area contributed by atoms with Gasteiger partial charge in [-0.25, -0.2) is 0 Å². The molecule has 2 unspecified atom stereocenters. The molecule has 2 atom stereocenters. The van der Waals surface area contributed by atoms with Gasteiger partial charge in [0.15, 0.2) is 0 Å². The molecule has 0 aromatic carbocycles. The van der Waals surface area contributed by atoms with Crippen molar-refractivity contribution in [3.63, 3.8) is 0 Å². The van der Waals surface area contributed by atoms with E-state index in [0.717, 1.165) is 25.7 Å². The van der Waals surface area contributed by atoms with E-state index in [2.05, 4.69) is 27.7 Å². The maximum Gasteiger partial charge on any atom is 0.0197 e. The van der Waals surface area contributed by atoms with E-state index in [9.17, 15) is 0 Å². The topological polar surface area (TPSA) is 52.0 Å². The molecule has 0 aliphatic heterocycles. The summed E-state index contributed by atoms with van der Waals surface area (Å²) in [5.41, 5.74) is 12.6. The molecule has 1 aliphatic rings. The second-order valence-corrected chi connectivity index (χ2v) is 5.37. The molecule has 0 saturated heterocycles. The van der Waals surface area contributed by atoms with Crippen molar-refractivity contribution in [2.75, 3.05) is 0 Å². The van der Waals surface area contributed by atoms with E-state index in [1.165, 1.54) is 0 Å². The van der Waals surface area contributed by atoms with Gasteiger partial charge in [-0.05, 0) is 39.5 Å². The van der Waals surface area contributed by atoms with Crippen LogP contribution in [0.15, 0.2) is 0 Å². The van der Waals surface area contributed by atoms with Gasteiger partial charge in [-0.15, -0.1) is 0 Å². The molecule has 1 aliphatic carbocycles. The fourth-order valence-electron chi connectivity index (χ4n) is 2.83. The maximum absolute atomic E-state index is 6.36. The Morgan fingerprint density at radius 2 is 1.38 bits per heavy atom. The lowest BCUT2D eigenvalue weighted by molar-refractivity contribution is 0.00796. The SMILES string of the molecule is CCC1(C)C(C)(N)CCCC1(C)N. The van der Waals surface area contributed by atoms with Gasteiger partial charge in [-0.1, -0.05) is 13.8 Å². The molecule has 0 aromatic heterocycles. The van der Waals surface area contributed by atoms with Crippen LogP contribution in [-0.2, 0) is 0 Å². The zero-order valence-corrected chi connectivity index (χ0v) is 9.48. The van der Waals surface area contributed by atoms with Crippen molar-refractivity contribution in [2.45, 2.75) is 64.5 Å². The van der Waals surface area contributed by atoms with Crippen LogP contribution in [0.3, 0.4) is 0 Å². The van der Waals surface area contributed by atoms with Crippen LogP contribution in [0.1, 0.15) is 53.4 Å². The fourth-order valence-corrected chi connectivity index (χ4v) is 2.83. The third kappa shape index (κ3) is 1.40. The van der Waals surface area contributed by atoms with Crippen LogP contribution in [-0.4, -0.2) is 11.1 Å². The minimum Gasteiger partial charge on any atom is -0.325 e. The molecule has 1 fully saturated rings. The average Bonchev–Trinajstić information content (AvgIpc) is 1.99. The van der Waals surface area contributed by atoms with Crippen LogP contribution in [0.5, 0.6) is 0 Å². The first-order valence-corrected chi connectivity index (χ1v) is 5.35.